The summed E-state index contributed by atoms with van der Waals surface area (Å²) in [6.45, 7) is 0.920. The number of halogens is 3. The standard InChI is InChI=1S/C19H24F3N3/c20-19(21,22)18-17-15(11-12-23)9-4-10-16(17)25(24-18)13-5-8-14-6-2-1-3-7-14/h1-3,6-7,15H,4-5,8-13,23H2. The zero-order chi connectivity index (χ0) is 17.9. The molecule has 0 aliphatic heterocycles. The lowest BCUT2D eigenvalue weighted by molar-refractivity contribution is -0.142. The minimum Gasteiger partial charge on any atom is -0.330 e. The van der Waals surface area contributed by atoms with E-state index in [1.807, 2.05) is 30.3 Å². The van der Waals surface area contributed by atoms with E-state index in [4.69, 9.17) is 5.73 Å². The average Bonchev–Trinajstić information content (AvgIpc) is 2.96. The molecule has 1 aliphatic carbocycles. The van der Waals surface area contributed by atoms with E-state index in [1.165, 1.54) is 5.56 Å². The maximum Gasteiger partial charge on any atom is 0.435 e. The minimum atomic E-state index is -4.40. The third kappa shape index (κ3) is 4.06. The maximum absolute atomic E-state index is 13.5. The monoisotopic (exact) mass is 351 g/mol. The van der Waals surface area contributed by atoms with Crippen molar-refractivity contribution in [3.63, 3.8) is 0 Å². The molecule has 25 heavy (non-hydrogen) atoms. The number of hydrogen-bond acceptors (Lipinski definition) is 2. The number of aromatic nitrogens is 2. The Morgan fingerprint density at radius 3 is 2.64 bits per heavy atom. The fraction of sp³-hybridized carbons (Fsp3) is 0.526. The molecule has 0 bridgehead atoms. The summed E-state index contributed by atoms with van der Waals surface area (Å²) in [6, 6.07) is 9.99. The van der Waals surface area contributed by atoms with Gasteiger partial charge in [0.2, 0.25) is 0 Å². The largest absolute Gasteiger partial charge is 0.435 e. The second kappa shape index (κ2) is 7.60. The van der Waals surface area contributed by atoms with Gasteiger partial charge in [-0.3, -0.25) is 4.68 Å². The first-order valence-electron chi connectivity index (χ1n) is 8.91. The van der Waals surface area contributed by atoms with Gasteiger partial charge in [-0.2, -0.15) is 18.3 Å². The molecule has 0 amide bonds. The first-order valence-corrected chi connectivity index (χ1v) is 8.91. The Kier molecular flexibility index (Phi) is 5.47. The second-order valence-electron chi connectivity index (χ2n) is 6.69. The van der Waals surface area contributed by atoms with Crippen molar-refractivity contribution in [2.45, 2.75) is 57.2 Å². The van der Waals surface area contributed by atoms with Crippen LogP contribution in [-0.2, 0) is 25.6 Å². The van der Waals surface area contributed by atoms with E-state index in [1.54, 1.807) is 4.68 Å². The van der Waals surface area contributed by atoms with Gasteiger partial charge in [0.15, 0.2) is 5.69 Å². The smallest absolute Gasteiger partial charge is 0.330 e. The van der Waals surface area contributed by atoms with Gasteiger partial charge in [-0.15, -0.1) is 0 Å². The summed E-state index contributed by atoms with van der Waals surface area (Å²) in [4.78, 5) is 0. The van der Waals surface area contributed by atoms with Crippen LogP contribution in [0.4, 0.5) is 13.2 Å². The molecule has 2 N–H and O–H groups in total. The highest BCUT2D eigenvalue weighted by molar-refractivity contribution is 5.34. The average molecular weight is 351 g/mol. The summed E-state index contributed by atoms with van der Waals surface area (Å²) < 4.78 is 42.0. The highest BCUT2D eigenvalue weighted by Crippen LogP contribution is 2.42. The predicted octanol–water partition coefficient (Wildman–Crippen LogP) is 4.30. The van der Waals surface area contributed by atoms with Crippen LogP contribution in [0.15, 0.2) is 30.3 Å². The normalized spacial score (nSPS) is 17.5. The molecule has 0 saturated carbocycles. The fourth-order valence-corrected chi connectivity index (χ4v) is 3.83. The third-order valence-electron chi connectivity index (χ3n) is 4.93. The van der Waals surface area contributed by atoms with Gasteiger partial charge in [0, 0.05) is 17.8 Å². The van der Waals surface area contributed by atoms with Crippen molar-refractivity contribution in [3.05, 3.63) is 52.8 Å². The van der Waals surface area contributed by atoms with Crippen LogP contribution in [0.3, 0.4) is 0 Å². The lowest BCUT2D eigenvalue weighted by Crippen LogP contribution is -2.18. The van der Waals surface area contributed by atoms with E-state index in [-0.39, 0.29) is 5.92 Å². The van der Waals surface area contributed by atoms with Crippen LogP contribution >= 0.6 is 0 Å². The van der Waals surface area contributed by atoms with Crippen LogP contribution in [0.25, 0.3) is 0 Å². The van der Waals surface area contributed by atoms with Crippen LogP contribution in [-0.4, -0.2) is 16.3 Å². The third-order valence-corrected chi connectivity index (χ3v) is 4.93. The van der Waals surface area contributed by atoms with E-state index < -0.39 is 11.9 Å². The molecule has 1 aromatic heterocycles. The van der Waals surface area contributed by atoms with Crippen LogP contribution < -0.4 is 5.73 Å². The molecule has 3 rings (SSSR count). The first kappa shape index (κ1) is 18.0. The molecule has 136 valence electrons. The van der Waals surface area contributed by atoms with E-state index in [0.29, 0.717) is 31.5 Å². The molecule has 1 unspecified atom stereocenters. The van der Waals surface area contributed by atoms with Crippen molar-refractivity contribution in [1.29, 1.82) is 0 Å². The van der Waals surface area contributed by atoms with Crippen molar-refractivity contribution in [3.8, 4) is 0 Å². The number of fused-ring (bicyclic) bond motifs is 1. The van der Waals surface area contributed by atoms with E-state index in [0.717, 1.165) is 31.4 Å². The molecule has 2 aromatic rings. The fourth-order valence-electron chi connectivity index (χ4n) is 3.83. The summed E-state index contributed by atoms with van der Waals surface area (Å²) in [7, 11) is 0. The van der Waals surface area contributed by atoms with Crippen LogP contribution in [0.2, 0.25) is 0 Å². The van der Waals surface area contributed by atoms with E-state index in [2.05, 4.69) is 5.10 Å². The Hall–Kier alpha value is -1.82. The second-order valence-corrected chi connectivity index (χ2v) is 6.69. The maximum atomic E-state index is 13.5. The quantitative estimate of drug-likeness (QED) is 0.843. The molecule has 1 heterocycles. The Bertz CT molecular complexity index is 692. The Morgan fingerprint density at radius 2 is 1.96 bits per heavy atom. The van der Waals surface area contributed by atoms with Gasteiger partial charge in [-0.05, 0) is 56.6 Å². The van der Waals surface area contributed by atoms with Crippen molar-refractivity contribution in [2.24, 2.45) is 5.73 Å². The predicted molar refractivity (Wildman–Crippen MR) is 91.3 cm³/mol. The Labute approximate surface area is 146 Å². The molecule has 6 heteroatoms. The zero-order valence-corrected chi connectivity index (χ0v) is 14.2. The summed E-state index contributed by atoms with van der Waals surface area (Å²) in [5.74, 6) is -0.117. The Balaban J connectivity index is 1.82. The van der Waals surface area contributed by atoms with Gasteiger partial charge in [0.25, 0.3) is 0 Å². The lowest BCUT2D eigenvalue weighted by Gasteiger charge is -2.24. The van der Waals surface area contributed by atoms with Crippen molar-refractivity contribution in [1.82, 2.24) is 9.78 Å². The Morgan fingerprint density at radius 1 is 1.20 bits per heavy atom. The summed E-state index contributed by atoms with van der Waals surface area (Å²) in [6.07, 6.45) is 0.137. The van der Waals surface area contributed by atoms with Gasteiger partial charge in [0.05, 0.1) is 0 Å². The van der Waals surface area contributed by atoms with Gasteiger partial charge in [-0.1, -0.05) is 30.3 Å². The minimum absolute atomic E-state index is 0.117. The van der Waals surface area contributed by atoms with Crippen LogP contribution in [0, 0.1) is 0 Å². The number of benzene rings is 1. The van der Waals surface area contributed by atoms with E-state index in [9.17, 15) is 13.2 Å². The molecule has 0 radical (unpaired) electrons. The highest BCUT2D eigenvalue weighted by atomic mass is 19.4. The molecular formula is C19H24F3N3. The number of nitrogens with two attached hydrogens (primary N) is 1. The number of aryl methyl sites for hydroxylation is 2. The first-order chi connectivity index (χ1) is 12.0. The lowest BCUT2D eigenvalue weighted by atomic mass is 9.83. The van der Waals surface area contributed by atoms with Gasteiger partial charge in [0.1, 0.15) is 0 Å². The molecule has 0 spiro atoms. The van der Waals surface area contributed by atoms with Gasteiger partial charge < -0.3 is 5.73 Å². The molecule has 1 atom stereocenters. The van der Waals surface area contributed by atoms with E-state index >= 15 is 0 Å². The van der Waals surface area contributed by atoms with Gasteiger partial charge in [-0.25, -0.2) is 0 Å². The molecule has 1 aliphatic rings. The number of hydrogen-bond donors (Lipinski definition) is 1. The number of alkyl halides is 3. The highest BCUT2D eigenvalue weighted by Gasteiger charge is 2.41. The van der Waals surface area contributed by atoms with Crippen LogP contribution in [0.5, 0.6) is 0 Å². The topological polar surface area (TPSA) is 43.8 Å². The van der Waals surface area contributed by atoms with Crippen molar-refractivity contribution >= 4 is 0 Å². The molecule has 0 fully saturated rings. The number of nitrogens with zero attached hydrogens (tertiary/aromatic N) is 2. The molecular weight excluding hydrogens is 327 g/mol. The van der Waals surface area contributed by atoms with Gasteiger partial charge >= 0.3 is 6.18 Å². The summed E-state index contributed by atoms with van der Waals surface area (Å²) in [5.41, 5.74) is 7.29. The molecule has 3 nitrogen and oxygen atoms in total. The number of rotatable bonds is 6. The summed E-state index contributed by atoms with van der Waals surface area (Å²) >= 11 is 0. The SMILES string of the molecule is NCCC1CCCc2c1c(C(F)(F)F)nn2CCCc1ccccc1. The zero-order valence-electron chi connectivity index (χ0n) is 14.2. The molecule has 0 saturated heterocycles. The van der Waals surface area contributed by atoms with Crippen molar-refractivity contribution < 1.29 is 13.2 Å². The molecule has 1 aromatic carbocycles. The summed E-state index contributed by atoms with van der Waals surface area (Å²) in [5, 5.41) is 3.98. The van der Waals surface area contributed by atoms with Crippen LogP contribution in [0.1, 0.15) is 54.1 Å². The van der Waals surface area contributed by atoms with Crippen molar-refractivity contribution in [2.75, 3.05) is 6.54 Å².